The van der Waals surface area contributed by atoms with Gasteiger partial charge in [-0.1, -0.05) is 48.5 Å². The molecule has 1 aliphatic rings. The fourth-order valence-corrected chi connectivity index (χ4v) is 5.84. The quantitative estimate of drug-likeness (QED) is 0.259. The monoisotopic (exact) mass is 574 g/mol. The summed E-state index contributed by atoms with van der Waals surface area (Å²) in [5.74, 6) is -0.349. The molecule has 1 amide bonds. The van der Waals surface area contributed by atoms with Gasteiger partial charge in [-0.15, -0.1) is 0 Å². The Morgan fingerprint density at radius 2 is 1.38 bits per heavy atom. The molecule has 0 radical (unpaired) electrons. The van der Waals surface area contributed by atoms with Crippen molar-refractivity contribution in [1.82, 2.24) is 0 Å². The van der Waals surface area contributed by atoms with Crippen molar-refractivity contribution in [2.45, 2.75) is 4.90 Å². The zero-order chi connectivity index (χ0) is 28.5. The first-order chi connectivity index (χ1) is 19.0. The molecule has 0 unspecified atom stereocenters. The lowest BCUT2D eigenvalue weighted by Gasteiger charge is -2.18. The van der Waals surface area contributed by atoms with Crippen molar-refractivity contribution in [3.8, 4) is 0 Å². The van der Waals surface area contributed by atoms with E-state index < -0.39 is 20.0 Å². The van der Waals surface area contributed by atoms with Crippen LogP contribution in [-0.2, 0) is 24.8 Å². The molecular weight excluding hydrogens is 548 g/mol. The Labute approximate surface area is 233 Å². The molecule has 1 aliphatic heterocycles. The Kier molecular flexibility index (Phi) is 7.09. The third-order valence-corrected chi connectivity index (χ3v) is 8.98. The lowest BCUT2D eigenvalue weighted by Crippen LogP contribution is -2.24. The van der Waals surface area contributed by atoms with Crippen LogP contribution >= 0.6 is 0 Å². The molecule has 1 heterocycles. The van der Waals surface area contributed by atoms with E-state index in [4.69, 9.17) is 0 Å². The van der Waals surface area contributed by atoms with Crippen LogP contribution in [0.3, 0.4) is 0 Å². The highest BCUT2D eigenvalue weighted by atomic mass is 32.2. The molecule has 0 saturated carbocycles. The molecule has 40 heavy (non-hydrogen) atoms. The van der Waals surface area contributed by atoms with E-state index >= 15 is 0 Å². The smallest absolute Gasteiger partial charge is 0.261 e. The van der Waals surface area contributed by atoms with Gasteiger partial charge < -0.3 is 10.6 Å². The van der Waals surface area contributed by atoms with Crippen LogP contribution in [0.5, 0.6) is 0 Å². The summed E-state index contributed by atoms with van der Waals surface area (Å²) in [6, 6.07) is 28.9. The molecule has 204 valence electrons. The van der Waals surface area contributed by atoms with Gasteiger partial charge in [-0.25, -0.2) is 16.8 Å². The minimum atomic E-state index is -3.84. The summed E-state index contributed by atoms with van der Waals surface area (Å²) in [6.45, 7) is 0. The number of sulfonamides is 2. The van der Waals surface area contributed by atoms with Crippen molar-refractivity contribution < 1.29 is 21.6 Å². The Morgan fingerprint density at radius 3 is 2.00 bits per heavy atom. The minimum absolute atomic E-state index is 0.122. The van der Waals surface area contributed by atoms with E-state index in [9.17, 15) is 21.6 Å². The molecule has 0 fully saturated rings. The van der Waals surface area contributed by atoms with Crippen molar-refractivity contribution in [1.29, 1.82) is 0 Å². The maximum absolute atomic E-state index is 13.3. The number of amides is 1. The molecule has 4 aromatic carbocycles. The Morgan fingerprint density at radius 1 is 0.775 bits per heavy atom. The molecule has 5 rings (SSSR count). The third kappa shape index (κ3) is 5.56. The molecule has 0 spiro atoms. The normalized spacial score (nSPS) is 14.2. The number of rotatable bonds is 8. The van der Waals surface area contributed by atoms with Gasteiger partial charge in [0, 0.05) is 29.7 Å². The van der Waals surface area contributed by atoms with E-state index in [1.807, 2.05) is 30.3 Å². The van der Waals surface area contributed by atoms with Crippen molar-refractivity contribution in [3.63, 3.8) is 0 Å². The molecule has 0 aromatic heterocycles. The van der Waals surface area contributed by atoms with Crippen LogP contribution in [0.4, 0.5) is 22.7 Å². The van der Waals surface area contributed by atoms with Gasteiger partial charge in [-0.3, -0.25) is 13.8 Å². The summed E-state index contributed by atoms with van der Waals surface area (Å²) in [7, 11) is -5.79. The van der Waals surface area contributed by atoms with Crippen LogP contribution < -0.4 is 19.7 Å². The number of benzene rings is 4. The largest absolute Gasteiger partial charge is 0.354 e. The molecule has 0 bridgehead atoms. The van der Waals surface area contributed by atoms with E-state index in [1.165, 1.54) is 23.5 Å². The topological polar surface area (TPSA) is 125 Å². The number of hydrogen-bond acceptors (Lipinski definition) is 6. The number of anilines is 4. The highest BCUT2D eigenvalue weighted by Gasteiger charge is 2.29. The van der Waals surface area contributed by atoms with Gasteiger partial charge in [0.2, 0.25) is 10.0 Å². The van der Waals surface area contributed by atoms with E-state index in [1.54, 1.807) is 60.7 Å². The lowest BCUT2D eigenvalue weighted by atomic mass is 9.99. The second-order valence-corrected chi connectivity index (χ2v) is 12.8. The predicted octanol–water partition coefficient (Wildman–Crippen LogP) is 4.82. The fourth-order valence-electron chi connectivity index (χ4n) is 4.27. The first-order valence-electron chi connectivity index (χ1n) is 12.2. The Balaban J connectivity index is 1.56. The maximum Gasteiger partial charge on any atom is 0.261 e. The molecule has 4 aromatic rings. The Hall–Kier alpha value is -4.61. The van der Waals surface area contributed by atoms with Crippen LogP contribution in [0.25, 0.3) is 11.3 Å². The standard InChI is InChI=1S/C29H26N4O5S2/c1-33(39(2,35)36)23-16-13-21(14-17-23)30-28(20-9-5-3-6-10-20)27-25-19-22(15-18-26(25)31-29(27)34)32-40(37,38)24-11-7-4-8-12-24/h3-19,30,32H,1-2H3,(H,31,34)/b28-27+. The summed E-state index contributed by atoms with van der Waals surface area (Å²) in [5.41, 5.74) is 4.05. The average Bonchev–Trinajstić information content (AvgIpc) is 3.26. The zero-order valence-corrected chi connectivity index (χ0v) is 23.3. The summed E-state index contributed by atoms with van der Waals surface area (Å²) < 4.78 is 53.4. The molecular formula is C29H26N4O5S2. The highest BCUT2D eigenvalue weighted by Crippen LogP contribution is 2.39. The van der Waals surface area contributed by atoms with Crippen molar-refractivity contribution in [2.24, 2.45) is 0 Å². The van der Waals surface area contributed by atoms with E-state index in [0.29, 0.717) is 39.6 Å². The number of nitrogens with one attached hydrogen (secondary N) is 3. The Bertz CT molecular complexity index is 1820. The highest BCUT2D eigenvalue weighted by molar-refractivity contribution is 7.92. The number of fused-ring (bicyclic) bond motifs is 1. The molecule has 0 saturated heterocycles. The molecule has 0 aliphatic carbocycles. The van der Waals surface area contributed by atoms with Gasteiger partial charge in [-0.2, -0.15) is 0 Å². The summed E-state index contributed by atoms with van der Waals surface area (Å²) in [4.78, 5) is 13.4. The fraction of sp³-hybridized carbons (Fsp3) is 0.0690. The van der Waals surface area contributed by atoms with Crippen LogP contribution in [0, 0.1) is 0 Å². The first-order valence-corrected chi connectivity index (χ1v) is 15.5. The number of hydrogen-bond donors (Lipinski definition) is 3. The lowest BCUT2D eigenvalue weighted by molar-refractivity contribution is -0.110. The van der Waals surface area contributed by atoms with Gasteiger partial charge in [0.05, 0.1) is 28.1 Å². The number of nitrogens with zero attached hydrogens (tertiary/aromatic N) is 1. The van der Waals surface area contributed by atoms with Crippen LogP contribution in [-0.4, -0.2) is 36.0 Å². The zero-order valence-electron chi connectivity index (χ0n) is 21.6. The second-order valence-electron chi connectivity index (χ2n) is 9.15. The summed E-state index contributed by atoms with van der Waals surface area (Å²) >= 11 is 0. The molecule has 0 atom stereocenters. The van der Waals surface area contributed by atoms with E-state index in [0.717, 1.165) is 11.8 Å². The first kappa shape index (κ1) is 27.0. The molecule has 9 nitrogen and oxygen atoms in total. The number of carbonyl (C=O) groups is 1. The van der Waals surface area contributed by atoms with Gasteiger partial charge in [0.1, 0.15) is 0 Å². The third-order valence-electron chi connectivity index (χ3n) is 6.38. The van der Waals surface area contributed by atoms with Crippen molar-refractivity contribution in [2.75, 3.05) is 33.0 Å². The van der Waals surface area contributed by atoms with Crippen LogP contribution in [0.15, 0.2) is 108 Å². The minimum Gasteiger partial charge on any atom is -0.354 e. The average molecular weight is 575 g/mol. The molecule has 3 N–H and O–H groups in total. The maximum atomic E-state index is 13.3. The van der Waals surface area contributed by atoms with Gasteiger partial charge in [0.25, 0.3) is 15.9 Å². The van der Waals surface area contributed by atoms with Gasteiger partial charge >= 0.3 is 0 Å². The predicted molar refractivity (Wildman–Crippen MR) is 159 cm³/mol. The summed E-state index contributed by atoms with van der Waals surface area (Å²) in [6.07, 6.45) is 1.13. The van der Waals surface area contributed by atoms with Crippen LogP contribution in [0.2, 0.25) is 0 Å². The molecule has 11 heteroatoms. The second kappa shape index (κ2) is 10.5. The van der Waals surface area contributed by atoms with Gasteiger partial charge in [-0.05, 0) is 60.2 Å². The summed E-state index contributed by atoms with van der Waals surface area (Å²) in [5, 5.41) is 6.18. The van der Waals surface area contributed by atoms with E-state index in [2.05, 4.69) is 15.4 Å². The van der Waals surface area contributed by atoms with Gasteiger partial charge in [0.15, 0.2) is 0 Å². The SMILES string of the molecule is CN(c1ccc(N/C(=C2/C(=O)Nc3ccc(NS(=O)(=O)c4ccccc4)cc32)c2ccccc2)cc1)S(C)(=O)=O. The van der Waals surface area contributed by atoms with Crippen molar-refractivity contribution >= 4 is 60.0 Å². The van der Waals surface area contributed by atoms with E-state index in [-0.39, 0.29) is 10.8 Å². The number of carbonyl (C=O) groups excluding carboxylic acids is 1. The van der Waals surface area contributed by atoms with Crippen molar-refractivity contribution in [3.05, 3.63) is 114 Å². The van der Waals surface area contributed by atoms with Crippen LogP contribution in [0.1, 0.15) is 11.1 Å².